The van der Waals surface area contributed by atoms with Crippen LogP contribution in [0.15, 0.2) is 60.7 Å². The number of ether oxygens (including phenoxy) is 2. The maximum atomic E-state index is 14.5. The van der Waals surface area contributed by atoms with Gasteiger partial charge in [0.15, 0.2) is 17.3 Å². The van der Waals surface area contributed by atoms with E-state index in [-0.39, 0.29) is 93.9 Å². The summed E-state index contributed by atoms with van der Waals surface area (Å²) in [5, 5.41) is 17.3. The van der Waals surface area contributed by atoms with Crippen LogP contribution in [-0.4, -0.2) is 128 Å². The topological polar surface area (TPSA) is 212 Å². The SMILES string of the molecule is CCC(=O)COCCC(C)(C)S(=O)(=O)OCC(C)(O)C(=O)[C@H](CC(C)C)NC(=O)[C@@H](CC(=O)[C@H](CC(C)C)NC(=O)[C@H](CCc1ccccc1)CC(=O)CN1CCOCC1)Cc1ccccc1. The molecule has 67 heavy (non-hydrogen) atoms. The average molecular weight is 956 g/mol. The van der Waals surface area contributed by atoms with Crippen LogP contribution in [0.4, 0.5) is 0 Å². The summed E-state index contributed by atoms with van der Waals surface area (Å²) >= 11 is 0. The van der Waals surface area contributed by atoms with Gasteiger partial charge in [0.05, 0.1) is 36.6 Å². The van der Waals surface area contributed by atoms with E-state index in [1.165, 1.54) is 13.8 Å². The first-order valence-corrected chi connectivity index (χ1v) is 25.2. The molecule has 0 aromatic heterocycles. The molecule has 1 saturated heterocycles. The van der Waals surface area contributed by atoms with E-state index < -0.39 is 68.6 Å². The van der Waals surface area contributed by atoms with Crippen LogP contribution in [0, 0.1) is 23.7 Å². The number of ketones is 4. The Balaban J connectivity index is 1.83. The van der Waals surface area contributed by atoms with Crippen molar-refractivity contribution in [2.75, 3.05) is 52.7 Å². The number of rotatable bonds is 32. The van der Waals surface area contributed by atoms with Crippen LogP contribution in [0.2, 0.25) is 0 Å². The number of hydrogen-bond donors (Lipinski definition) is 3. The first kappa shape index (κ1) is 57.1. The van der Waals surface area contributed by atoms with Gasteiger partial charge in [0, 0.05) is 50.8 Å². The molecule has 1 aliphatic heterocycles. The van der Waals surface area contributed by atoms with Gasteiger partial charge in [-0.25, -0.2) is 0 Å². The fourth-order valence-corrected chi connectivity index (χ4v) is 8.79. The predicted molar refractivity (Wildman–Crippen MR) is 256 cm³/mol. The third kappa shape index (κ3) is 20.1. The van der Waals surface area contributed by atoms with Crippen molar-refractivity contribution in [3.05, 3.63) is 71.8 Å². The molecule has 2 aromatic rings. The first-order valence-electron chi connectivity index (χ1n) is 23.8. The molecule has 16 heteroatoms. The van der Waals surface area contributed by atoms with Crippen LogP contribution in [0.3, 0.4) is 0 Å². The summed E-state index contributed by atoms with van der Waals surface area (Å²) in [6, 6.07) is 16.5. The van der Waals surface area contributed by atoms with Gasteiger partial charge in [-0.3, -0.25) is 37.9 Å². The molecular weight excluding hydrogens is 879 g/mol. The smallest absolute Gasteiger partial charge is 0.272 e. The van der Waals surface area contributed by atoms with E-state index in [1.54, 1.807) is 6.92 Å². The molecule has 1 unspecified atom stereocenters. The Morgan fingerprint density at radius 3 is 1.91 bits per heavy atom. The summed E-state index contributed by atoms with van der Waals surface area (Å²) in [5.41, 5.74) is -0.595. The monoisotopic (exact) mass is 956 g/mol. The lowest BCUT2D eigenvalue weighted by Crippen LogP contribution is -2.55. The van der Waals surface area contributed by atoms with Crippen LogP contribution < -0.4 is 10.6 Å². The van der Waals surface area contributed by atoms with E-state index in [0.29, 0.717) is 39.1 Å². The Bertz CT molecular complexity index is 2000. The highest BCUT2D eigenvalue weighted by molar-refractivity contribution is 7.88. The van der Waals surface area contributed by atoms with Crippen LogP contribution >= 0.6 is 0 Å². The lowest BCUT2D eigenvalue weighted by Gasteiger charge is -2.31. The molecule has 0 radical (unpaired) electrons. The van der Waals surface area contributed by atoms with Crippen LogP contribution in [0.1, 0.15) is 111 Å². The van der Waals surface area contributed by atoms with Crippen molar-refractivity contribution in [2.45, 2.75) is 136 Å². The number of nitrogens with zero attached hydrogens (tertiary/aromatic N) is 1. The van der Waals surface area contributed by atoms with Crippen LogP contribution in [-0.2, 0) is 65.4 Å². The van der Waals surface area contributed by atoms with Crippen LogP contribution in [0.5, 0.6) is 0 Å². The molecule has 1 fully saturated rings. The third-order valence-electron chi connectivity index (χ3n) is 12.1. The summed E-state index contributed by atoms with van der Waals surface area (Å²) in [6.07, 6.45) is 1.37. The zero-order chi connectivity index (χ0) is 49.8. The Hall–Kier alpha value is -4.19. The number of amides is 2. The summed E-state index contributed by atoms with van der Waals surface area (Å²) in [7, 11) is -4.38. The van der Waals surface area contributed by atoms with Gasteiger partial charge in [0.1, 0.15) is 24.6 Å². The van der Waals surface area contributed by atoms with E-state index in [0.717, 1.165) is 18.1 Å². The molecule has 15 nitrogen and oxygen atoms in total. The molecular formula is C51H77N3O12S. The second-order valence-corrected chi connectivity index (χ2v) is 21.8. The van der Waals surface area contributed by atoms with Gasteiger partial charge in [-0.1, -0.05) is 95.3 Å². The minimum atomic E-state index is -4.38. The molecule has 3 rings (SSSR count). The summed E-state index contributed by atoms with van der Waals surface area (Å²) < 4.78 is 41.2. The van der Waals surface area contributed by atoms with Crippen molar-refractivity contribution in [1.29, 1.82) is 0 Å². The normalized spacial score (nSPS) is 16.4. The van der Waals surface area contributed by atoms with Gasteiger partial charge in [0.2, 0.25) is 11.8 Å². The van der Waals surface area contributed by atoms with Crippen molar-refractivity contribution in [3.8, 4) is 0 Å². The van der Waals surface area contributed by atoms with Crippen LogP contribution in [0.25, 0.3) is 0 Å². The van der Waals surface area contributed by atoms with Gasteiger partial charge < -0.3 is 25.2 Å². The van der Waals surface area contributed by atoms with E-state index in [1.807, 2.05) is 93.3 Å². The molecule has 374 valence electrons. The number of benzene rings is 2. The van der Waals surface area contributed by atoms with E-state index in [9.17, 15) is 42.3 Å². The lowest BCUT2D eigenvalue weighted by molar-refractivity contribution is -0.144. The Labute approximate surface area is 399 Å². The summed E-state index contributed by atoms with van der Waals surface area (Å²) in [6.45, 7) is 14.6. The van der Waals surface area contributed by atoms with Gasteiger partial charge in [-0.15, -0.1) is 0 Å². The molecule has 1 heterocycles. The third-order valence-corrected chi connectivity index (χ3v) is 14.1. The maximum Gasteiger partial charge on any atom is 0.272 e. The van der Waals surface area contributed by atoms with E-state index in [2.05, 4.69) is 10.6 Å². The molecule has 5 atom stereocenters. The zero-order valence-electron chi connectivity index (χ0n) is 41.1. The Morgan fingerprint density at radius 2 is 1.33 bits per heavy atom. The van der Waals surface area contributed by atoms with Crippen molar-refractivity contribution in [2.24, 2.45) is 23.7 Å². The highest BCUT2D eigenvalue weighted by atomic mass is 32.2. The standard InChI is InChI=1S/C51H77N3O12S/c1-9-42(55)34-65-25-22-50(6,7)67(62,63)66-35-51(8,61)47(58)45(29-37(4)5)53-49(60)41(30-39-18-14-11-15-19-39)32-46(57)44(28-36(2)3)52-48(59)40(21-20-38-16-12-10-13-17-38)31-43(56)33-54-23-26-64-27-24-54/h10-19,36-37,40-41,44-45,61H,9,20-35H2,1-8H3,(H,52,59)(H,53,60)/t40-,41-,44+,45+,51?/m1/s1. The molecule has 0 bridgehead atoms. The quantitative estimate of drug-likeness (QED) is 0.0634. The van der Waals surface area contributed by atoms with Crippen molar-refractivity contribution < 1.29 is 55.9 Å². The number of aliphatic hydroxyl groups is 1. The highest BCUT2D eigenvalue weighted by Gasteiger charge is 2.43. The summed E-state index contributed by atoms with van der Waals surface area (Å²) in [5.74, 6) is -4.42. The van der Waals surface area contributed by atoms with E-state index >= 15 is 0 Å². The van der Waals surface area contributed by atoms with E-state index in [4.69, 9.17) is 13.7 Å². The van der Waals surface area contributed by atoms with Crippen molar-refractivity contribution in [3.63, 3.8) is 0 Å². The number of Topliss-reactive ketones (excluding diaryl/α,β-unsaturated/α-hetero) is 4. The largest absolute Gasteiger partial charge is 0.380 e. The second kappa shape index (κ2) is 27.7. The van der Waals surface area contributed by atoms with Gasteiger partial charge >= 0.3 is 0 Å². The predicted octanol–water partition coefficient (Wildman–Crippen LogP) is 5.24. The molecule has 2 amide bonds. The first-order chi connectivity index (χ1) is 31.5. The number of nitrogens with one attached hydrogen (secondary N) is 2. The number of carbonyl (C=O) groups excluding carboxylic acids is 6. The minimum Gasteiger partial charge on any atom is -0.380 e. The molecule has 0 aliphatic carbocycles. The van der Waals surface area contributed by atoms with Gasteiger partial charge in [-0.05, 0) is 82.3 Å². The van der Waals surface area contributed by atoms with Crippen molar-refractivity contribution in [1.82, 2.24) is 15.5 Å². The highest BCUT2D eigenvalue weighted by Crippen LogP contribution is 2.26. The molecule has 3 N–H and O–H groups in total. The molecule has 2 aromatic carbocycles. The fourth-order valence-electron chi connectivity index (χ4n) is 7.75. The summed E-state index contributed by atoms with van der Waals surface area (Å²) in [4.78, 5) is 84.3. The number of morpholine rings is 1. The van der Waals surface area contributed by atoms with Gasteiger partial charge in [-0.2, -0.15) is 8.42 Å². The zero-order valence-corrected chi connectivity index (χ0v) is 41.9. The lowest BCUT2D eigenvalue weighted by atomic mass is 9.86. The average Bonchev–Trinajstić information content (AvgIpc) is 3.28. The number of carbonyl (C=O) groups is 6. The number of hydrogen-bond acceptors (Lipinski definition) is 13. The number of aryl methyl sites for hydroxylation is 1. The van der Waals surface area contributed by atoms with Gasteiger partial charge in [0.25, 0.3) is 10.1 Å². The molecule has 0 saturated carbocycles. The molecule has 1 aliphatic rings. The fraction of sp³-hybridized carbons (Fsp3) is 0.647. The Morgan fingerprint density at radius 1 is 0.776 bits per heavy atom. The van der Waals surface area contributed by atoms with Crippen molar-refractivity contribution >= 4 is 45.1 Å². The minimum absolute atomic E-state index is 0.00130. The maximum absolute atomic E-state index is 14.5. The Kier molecular flexibility index (Phi) is 23.6. The molecule has 0 spiro atoms. The second-order valence-electron chi connectivity index (χ2n) is 19.6.